The minimum Gasteiger partial charge on any atom is -0.444 e. The number of benzene rings is 4. The highest BCUT2D eigenvalue weighted by molar-refractivity contribution is 5.92. The molecule has 73 heavy (non-hydrogen) atoms. The lowest BCUT2D eigenvalue weighted by atomic mass is 9.54. The molecule has 2 aliphatic rings. The SMILES string of the molecule is CNC(=O)C1(N)CC(CO[C@H](C)c2cc(C(F)(F)F)cc(C(F)(F)F)c2)(c2ccccc2)C1.CNC(=O)C1(NC(=O)OC(C)(C)C)CC(CO[C@H](C)c2cc(C(F)(F)F)cc(C(F)(F)F)c2)(c2ccccc2)C1. The Hall–Kier alpha value is -5.87. The smallest absolute Gasteiger partial charge is 0.416 e. The molecule has 6 rings (SSSR count). The van der Waals surface area contributed by atoms with Crippen molar-refractivity contribution in [3.8, 4) is 0 Å². The Bertz CT molecular complexity index is 2500. The lowest BCUT2D eigenvalue weighted by Gasteiger charge is -2.55. The molecule has 0 aliphatic heterocycles. The third-order valence-corrected chi connectivity index (χ3v) is 12.8. The number of alkyl carbamates (subject to hydrolysis) is 1. The number of halogens is 12. The molecule has 0 aromatic heterocycles. The van der Waals surface area contributed by atoms with Gasteiger partial charge in [-0.3, -0.25) is 9.59 Å². The molecule has 0 heterocycles. The van der Waals surface area contributed by atoms with Crippen LogP contribution >= 0.6 is 0 Å². The van der Waals surface area contributed by atoms with Crippen molar-refractivity contribution in [1.29, 1.82) is 0 Å². The van der Waals surface area contributed by atoms with Gasteiger partial charge >= 0.3 is 30.8 Å². The van der Waals surface area contributed by atoms with Crippen molar-refractivity contribution >= 4 is 17.9 Å². The van der Waals surface area contributed by atoms with Crippen LogP contribution in [0.4, 0.5) is 57.5 Å². The molecule has 4 aromatic carbocycles. The van der Waals surface area contributed by atoms with Crippen molar-refractivity contribution in [2.75, 3.05) is 27.3 Å². The fourth-order valence-electron chi connectivity index (χ4n) is 9.26. The summed E-state index contributed by atoms with van der Waals surface area (Å²) in [5.74, 6) is -0.833. The summed E-state index contributed by atoms with van der Waals surface area (Å²) in [7, 11) is 2.87. The molecule has 0 spiro atoms. The normalized spacial score (nSPS) is 23.1. The number of nitrogens with one attached hydrogen (secondary N) is 3. The molecule has 2 atom stereocenters. The van der Waals surface area contributed by atoms with Crippen molar-refractivity contribution < 1.29 is 81.3 Å². The van der Waals surface area contributed by atoms with E-state index in [1.165, 1.54) is 27.9 Å². The van der Waals surface area contributed by atoms with Gasteiger partial charge in [0.15, 0.2) is 0 Å². The maximum Gasteiger partial charge on any atom is 0.416 e. The maximum absolute atomic E-state index is 13.4. The van der Waals surface area contributed by atoms with Gasteiger partial charge in [-0.25, -0.2) is 4.79 Å². The summed E-state index contributed by atoms with van der Waals surface area (Å²) in [4.78, 5) is 37.7. The van der Waals surface area contributed by atoms with Gasteiger partial charge in [-0.2, -0.15) is 52.7 Å². The summed E-state index contributed by atoms with van der Waals surface area (Å²) < 4.78 is 176. The maximum atomic E-state index is 13.4. The van der Waals surface area contributed by atoms with E-state index in [1.807, 2.05) is 12.1 Å². The third-order valence-electron chi connectivity index (χ3n) is 12.8. The van der Waals surface area contributed by atoms with Crippen LogP contribution in [0.2, 0.25) is 0 Å². The molecular formula is C51H56F12N4O6. The molecule has 10 nitrogen and oxygen atoms in total. The predicted octanol–water partition coefficient (Wildman–Crippen LogP) is 11.5. The molecule has 2 saturated carbocycles. The van der Waals surface area contributed by atoms with E-state index < -0.39 is 98.7 Å². The van der Waals surface area contributed by atoms with Gasteiger partial charge in [0.1, 0.15) is 11.1 Å². The van der Waals surface area contributed by atoms with Crippen LogP contribution in [0, 0.1) is 0 Å². The quantitative estimate of drug-likeness (QED) is 0.0977. The lowest BCUT2D eigenvalue weighted by molar-refractivity contribution is -0.145. The number of rotatable bonds is 13. The van der Waals surface area contributed by atoms with E-state index in [0.29, 0.717) is 24.3 Å². The first kappa shape index (κ1) is 58.0. The summed E-state index contributed by atoms with van der Waals surface area (Å²) in [6.07, 6.45) is -22.4. The fraction of sp³-hybridized carbons (Fsp3) is 0.471. The van der Waals surface area contributed by atoms with Crippen LogP contribution in [0.25, 0.3) is 0 Å². The van der Waals surface area contributed by atoms with E-state index in [2.05, 4.69) is 16.0 Å². The minimum atomic E-state index is -4.99. The number of alkyl halides is 12. The van der Waals surface area contributed by atoms with Gasteiger partial charge in [0.2, 0.25) is 11.8 Å². The van der Waals surface area contributed by atoms with E-state index in [4.69, 9.17) is 19.9 Å². The highest BCUT2D eigenvalue weighted by Crippen LogP contribution is 2.53. The monoisotopic (exact) mass is 1050 g/mol. The molecule has 0 bridgehead atoms. The highest BCUT2D eigenvalue weighted by Gasteiger charge is 2.61. The van der Waals surface area contributed by atoms with Crippen LogP contribution in [0.15, 0.2) is 97.1 Å². The Morgan fingerprint density at radius 1 is 0.548 bits per heavy atom. The van der Waals surface area contributed by atoms with Gasteiger partial charge in [0.25, 0.3) is 0 Å². The summed E-state index contributed by atoms with van der Waals surface area (Å²) in [5, 5.41) is 7.69. The molecule has 0 saturated heterocycles. The van der Waals surface area contributed by atoms with Crippen molar-refractivity contribution in [3.63, 3.8) is 0 Å². The van der Waals surface area contributed by atoms with Crippen molar-refractivity contribution in [1.82, 2.24) is 16.0 Å². The molecule has 2 fully saturated rings. The topological polar surface area (TPSA) is 141 Å². The summed E-state index contributed by atoms with van der Waals surface area (Å²) >= 11 is 0. The van der Waals surface area contributed by atoms with E-state index in [-0.39, 0.29) is 68.1 Å². The second-order valence-electron chi connectivity index (χ2n) is 19.6. The lowest BCUT2D eigenvalue weighted by Crippen LogP contribution is -2.71. The summed E-state index contributed by atoms with van der Waals surface area (Å²) in [6.45, 7) is 7.57. The van der Waals surface area contributed by atoms with E-state index in [0.717, 1.165) is 11.1 Å². The van der Waals surface area contributed by atoms with Gasteiger partial charge in [0.05, 0.1) is 53.2 Å². The third kappa shape index (κ3) is 13.9. The number of carbonyl (C=O) groups excluding carboxylic acids is 3. The van der Waals surface area contributed by atoms with Crippen LogP contribution in [0.3, 0.4) is 0 Å². The van der Waals surface area contributed by atoms with Crippen LogP contribution < -0.4 is 21.7 Å². The fourth-order valence-corrected chi connectivity index (χ4v) is 9.26. The number of carbonyl (C=O) groups is 3. The molecule has 4 aromatic rings. The standard InChI is InChI=1S/C28H32F6N2O4.C23H24F6N2O2/c1-17(18-11-20(27(29,30)31)13-21(12-18)28(32,33)34)39-16-25(19-9-7-6-8-10-19)14-26(15-25,22(37)35-5)36-23(38)40-24(2,3)4;1-14(15-8-17(22(24,25)26)10-18(9-15)23(27,28)29)33-13-20(16-6-4-3-5-7-16)11-21(30,12-20)19(32)31-2/h6-13,17H,14-16H2,1-5H3,(H,35,37)(H,36,38);3-10,14H,11-13,30H2,1-2H3,(H,31,32)/t17-,25?,26?;14-,20?,21?/m11/s1. The molecule has 2 aliphatic carbocycles. The second-order valence-corrected chi connectivity index (χ2v) is 19.6. The first-order chi connectivity index (χ1) is 33.5. The van der Waals surface area contributed by atoms with E-state index in [1.54, 1.807) is 69.3 Å². The van der Waals surface area contributed by atoms with Gasteiger partial charge < -0.3 is 35.9 Å². The van der Waals surface area contributed by atoms with Crippen molar-refractivity contribution in [2.24, 2.45) is 5.73 Å². The number of ether oxygens (including phenoxy) is 3. The molecule has 5 N–H and O–H groups in total. The number of nitrogens with two attached hydrogens (primary N) is 1. The Kier molecular flexibility index (Phi) is 16.8. The number of amides is 3. The Morgan fingerprint density at radius 3 is 1.18 bits per heavy atom. The summed E-state index contributed by atoms with van der Waals surface area (Å²) in [5.41, 5.74) is -3.39. The first-order valence-electron chi connectivity index (χ1n) is 22.7. The number of hydrogen-bond donors (Lipinski definition) is 4. The van der Waals surface area contributed by atoms with Gasteiger partial charge in [0, 0.05) is 24.9 Å². The Balaban J connectivity index is 0.000000276. The average molecular weight is 1050 g/mol. The molecular weight excluding hydrogens is 993 g/mol. The van der Waals surface area contributed by atoms with Gasteiger partial charge in [-0.1, -0.05) is 60.7 Å². The molecule has 3 amide bonds. The minimum absolute atomic E-state index is 0.0360. The number of hydrogen-bond acceptors (Lipinski definition) is 7. The zero-order valence-corrected chi connectivity index (χ0v) is 40.7. The van der Waals surface area contributed by atoms with Crippen LogP contribution in [-0.4, -0.2) is 61.9 Å². The van der Waals surface area contributed by atoms with Gasteiger partial charge in [-0.05, 0) is 119 Å². The zero-order valence-electron chi connectivity index (χ0n) is 40.7. The average Bonchev–Trinajstić information content (AvgIpc) is 3.28. The Labute approximate surface area is 413 Å². The van der Waals surface area contributed by atoms with Gasteiger partial charge in [-0.15, -0.1) is 0 Å². The predicted molar refractivity (Wildman–Crippen MR) is 243 cm³/mol. The van der Waals surface area contributed by atoms with E-state index in [9.17, 15) is 67.1 Å². The van der Waals surface area contributed by atoms with Crippen LogP contribution in [0.5, 0.6) is 0 Å². The zero-order chi connectivity index (χ0) is 54.8. The largest absolute Gasteiger partial charge is 0.444 e. The summed E-state index contributed by atoms with van der Waals surface area (Å²) in [6, 6.07) is 20.6. The van der Waals surface area contributed by atoms with E-state index >= 15 is 0 Å². The first-order valence-corrected chi connectivity index (χ1v) is 22.7. The number of likely N-dealkylation sites (N-methyl/N-ethyl adjacent to an activating group) is 2. The van der Waals surface area contributed by atoms with Crippen molar-refractivity contribution in [3.05, 3.63) is 142 Å². The molecule has 0 unspecified atom stereocenters. The molecule has 400 valence electrons. The van der Waals surface area contributed by atoms with Crippen LogP contribution in [0.1, 0.15) is 117 Å². The Morgan fingerprint density at radius 2 is 0.877 bits per heavy atom. The van der Waals surface area contributed by atoms with Crippen molar-refractivity contribution in [2.45, 2.75) is 125 Å². The molecule has 0 radical (unpaired) electrons. The highest BCUT2D eigenvalue weighted by atomic mass is 19.4. The van der Waals surface area contributed by atoms with Crippen LogP contribution in [-0.2, 0) is 59.3 Å². The molecule has 22 heteroatoms. The second kappa shape index (κ2) is 21.2.